The zero-order valence-corrected chi connectivity index (χ0v) is 12.4. The predicted molar refractivity (Wildman–Crippen MR) is 78.5 cm³/mol. The smallest absolute Gasteiger partial charge is 0.341 e. The van der Waals surface area contributed by atoms with Gasteiger partial charge in [-0.3, -0.25) is 4.79 Å². The molecular weight excluding hydrogens is 270 g/mol. The van der Waals surface area contributed by atoms with Crippen molar-refractivity contribution in [3.05, 3.63) is 29.8 Å². The maximum atomic E-state index is 12.6. The van der Waals surface area contributed by atoms with E-state index in [-0.39, 0.29) is 5.91 Å². The van der Waals surface area contributed by atoms with Crippen LogP contribution in [-0.4, -0.2) is 41.1 Å². The molecule has 0 spiro atoms. The lowest BCUT2D eigenvalue weighted by atomic mass is 10.1. The van der Waals surface area contributed by atoms with E-state index in [1.165, 1.54) is 0 Å². The molecule has 1 N–H and O–H groups in total. The highest BCUT2D eigenvalue weighted by molar-refractivity contribution is 5.95. The Morgan fingerprint density at radius 2 is 2.10 bits per heavy atom. The summed E-state index contributed by atoms with van der Waals surface area (Å²) in [6.45, 7) is 4.52. The van der Waals surface area contributed by atoms with Crippen molar-refractivity contribution in [3.8, 4) is 5.75 Å². The molecule has 1 aliphatic rings. The molecule has 1 saturated carbocycles. The van der Waals surface area contributed by atoms with E-state index in [2.05, 4.69) is 13.8 Å². The van der Waals surface area contributed by atoms with Crippen molar-refractivity contribution in [2.24, 2.45) is 5.92 Å². The highest BCUT2D eigenvalue weighted by atomic mass is 16.5. The van der Waals surface area contributed by atoms with Crippen molar-refractivity contribution in [3.63, 3.8) is 0 Å². The van der Waals surface area contributed by atoms with E-state index in [4.69, 9.17) is 9.84 Å². The number of rotatable bonds is 7. The summed E-state index contributed by atoms with van der Waals surface area (Å²) in [4.78, 5) is 25.0. The second kappa shape index (κ2) is 6.61. The highest BCUT2D eigenvalue weighted by Gasteiger charge is 2.33. The number of benzene rings is 1. The zero-order valence-electron chi connectivity index (χ0n) is 12.4. The molecule has 1 aromatic carbocycles. The summed E-state index contributed by atoms with van der Waals surface area (Å²) in [6, 6.07) is 7.07. The standard InChI is InChI=1S/C16H21NO4/c1-11(2)9-17(13-6-7-13)16(20)12-4-3-5-14(8-12)21-10-15(18)19/h3-5,8,11,13H,6-7,9-10H2,1-2H3,(H,18,19). The third-order valence-electron chi connectivity index (χ3n) is 3.25. The number of ether oxygens (including phenoxy) is 1. The summed E-state index contributed by atoms with van der Waals surface area (Å²) < 4.78 is 5.12. The van der Waals surface area contributed by atoms with E-state index in [0.717, 1.165) is 19.4 Å². The minimum absolute atomic E-state index is 0.00743. The van der Waals surface area contributed by atoms with Crippen LogP contribution < -0.4 is 4.74 Å². The summed E-state index contributed by atoms with van der Waals surface area (Å²) in [5, 5.41) is 8.62. The normalized spacial score (nSPS) is 14.0. The average molecular weight is 291 g/mol. The number of carbonyl (C=O) groups is 2. The van der Waals surface area contributed by atoms with Gasteiger partial charge in [-0.2, -0.15) is 0 Å². The Morgan fingerprint density at radius 1 is 1.38 bits per heavy atom. The molecule has 0 aromatic heterocycles. The Balaban J connectivity index is 2.10. The quantitative estimate of drug-likeness (QED) is 0.837. The van der Waals surface area contributed by atoms with Crippen LogP contribution >= 0.6 is 0 Å². The zero-order chi connectivity index (χ0) is 15.4. The van der Waals surface area contributed by atoms with E-state index in [9.17, 15) is 9.59 Å². The van der Waals surface area contributed by atoms with Gasteiger partial charge in [0.2, 0.25) is 0 Å². The second-order valence-electron chi connectivity index (χ2n) is 5.79. The molecule has 0 saturated heterocycles. The first-order valence-electron chi connectivity index (χ1n) is 7.23. The first-order valence-corrected chi connectivity index (χ1v) is 7.23. The second-order valence-corrected chi connectivity index (χ2v) is 5.79. The van der Waals surface area contributed by atoms with E-state index < -0.39 is 12.6 Å². The van der Waals surface area contributed by atoms with Crippen molar-refractivity contribution in [2.75, 3.05) is 13.2 Å². The number of carboxylic acids is 1. The van der Waals surface area contributed by atoms with E-state index in [1.807, 2.05) is 4.90 Å². The van der Waals surface area contributed by atoms with Gasteiger partial charge in [-0.15, -0.1) is 0 Å². The third kappa shape index (κ3) is 4.48. The Bertz CT molecular complexity index is 523. The minimum atomic E-state index is -1.04. The van der Waals surface area contributed by atoms with Crippen LogP contribution in [0.4, 0.5) is 0 Å². The Kier molecular flexibility index (Phi) is 4.83. The van der Waals surface area contributed by atoms with E-state index in [1.54, 1.807) is 24.3 Å². The maximum absolute atomic E-state index is 12.6. The molecule has 2 rings (SSSR count). The molecule has 0 heterocycles. The first kappa shape index (κ1) is 15.4. The van der Waals surface area contributed by atoms with Gasteiger partial charge in [0.1, 0.15) is 5.75 Å². The molecule has 5 heteroatoms. The molecule has 1 fully saturated rings. The summed E-state index contributed by atoms with van der Waals surface area (Å²) >= 11 is 0. The summed E-state index contributed by atoms with van der Waals surface area (Å²) in [5.74, 6) is -0.220. The van der Waals surface area contributed by atoms with Crippen molar-refractivity contribution < 1.29 is 19.4 Å². The Labute approximate surface area is 124 Å². The molecule has 114 valence electrons. The van der Waals surface area contributed by atoms with E-state index >= 15 is 0 Å². The van der Waals surface area contributed by atoms with Gasteiger partial charge in [0.05, 0.1) is 0 Å². The number of hydrogen-bond donors (Lipinski definition) is 1. The number of amides is 1. The average Bonchev–Trinajstić information content (AvgIpc) is 3.26. The molecule has 1 aliphatic carbocycles. The van der Waals surface area contributed by atoms with Crippen molar-refractivity contribution >= 4 is 11.9 Å². The molecule has 21 heavy (non-hydrogen) atoms. The number of nitrogens with zero attached hydrogens (tertiary/aromatic N) is 1. The number of carboxylic acid groups (broad SMARTS) is 1. The molecule has 0 radical (unpaired) electrons. The number of hydrogen-bond acceptors (Lipinski definition) is 3. The van der Waals surface area contributed by atoms with Gasteiger partial charge in [0.25, 0.3) is 5.91 Å². The number of carbonyl (C=O) groups excluding carboxylic acids is 1. The topological polar surface area (TPSA) is 66.8 Å². The molecule has 0 aliphatic heterocycles. The van der Waals surface area contributed by atoms with Gasteiger partial charge in [-0.1, -0.05) is 19.9 Å². The Hall–Kier alpha value is -2.04. The van der Waals surface area contributed by atoms with Gasteiger partial charge >= 0.3 is 5.97 Å². The fraction of sp³-hybridized carbons (Fsp3) is 0.500. The van der Waals surface area contributed by atoms with Crippen LogP contribution in [0.5, 0.6) is 5.75 Å². The van der Waals surface area contributed by atoms with Crippen LogP contribution in [0.2, 0.25) is 0 Å². The van der Waals surface area contributed by atoms with Crippen molar-refractivity contribution in [1.82, 2.24) is 4.90 Å². The van der Waals surface area contributed by atoms with E-state index in [0.29, 0.717) is 23.3 Å². The van der Waals surface area contributed by atoms with Crippen LogP contribution in [0.25, 0.3) is 0 Å². The lowest BCUT2D eigenvalue weighted by molar-refractivity contribution is -0.139. The maximum Gasteiger partial charge on any atom is 0.341 e. The van der Waals surface area contributed by atoms with Gasteiger partial charge < -0.3 is 14.7 Å². The van der Waals surface area contributed by atoms with Crippen LogP contribution in [0.15, 0.2) is 24.3 Å². The molecular formula is C16H21NO4. The van der Waals surface area contributed by atoms with Crippen molar-refractivity contribution in [1.29, 1.82) is 0 Å². The Morgan fingerprint density at radius 3 is 2.67 bits per heavy atom. The monoisotopic (exact) mass is 291 g/mol. The highest BCUT2D eigenvalue weighted by Crippen LogP contribution is 2.29. The lowest BCUT2D eigenvalue weighted by Gasteiger charge is -2.24. The molecule has 0 unspecified atom stereocenters. The lowest BCUT2D eigenvalue weighted by Crippen LogP contribution is -2.36. The van der Waals surface area contributed by atoms with Crippen molar-refractivity contribution in [2.45, 2.75) is 32.7 Å². The summed E-state index contributed by atoms with van der Waals surface area (Å²) in [5.41, 5.74) is 0.547. The molecule has 1 amide bonds. The predicted octanol–water partition coefficient (Wildman–Crippen LogP) is 2.41. The first-order chi connectivity index (χ1) is 9.97. The third-order valence-corrected chi connectivity index (χ3v) is 3.25. The summed E-state index contributed by atoms with van der Waals surface area (Å²) in [7, 11) is 0. The fourth-order valence-corrected chi connectivity index (χ4v) is 2.21. The minimum Gasteiger partial charge on any atom is -0.482 e. The fourth-order valence-electron chi connectivity index (χ4n) is 2.21. The molecule has 0 bridgehead atoms. The summed E-state index contributed by atoms with van der Waals surface area (Å²) in [6.07, 6.45) is 2.13. The molecule has 1 aromatic rings. The van der Waals surface area contributed by atoms with Crippen LogP contribution in [0.3, 0.4) is 0 Å². The van der Waals surface area contributed by atoms with Gasteiger partial charge in [0, 0.05) is 18.2 Å². The number of aliphatic carboxylic acids is 1. The SMILES string of the molecule is CC(C)CN(C(=O)c1cccc(OCC(=O)O)c1)C1CC1. The van der Waals surface area contributed by atoms with Crippen LogP contribution in [0, 0.1) is 5.92 Å². The van der Waals surface area contributed by atoms with Crippen LogP contribution in [-0.2, 0) is 4.79 Å². The largest absolute Gasteiger partial charge is 0.482 e. The molecule has 0 atom stereocenters. The molecule has 5 nitrogen and oxygen atoms in total. The van der Waals surface area contributed by atoms with Gasteiger partial charge in [-0.25, -0.2) is 4.79 Å². The van der Waals surface area contributed by atoms with Crippen LogP contribution in [0.1, 0.15) is 37.0 Å². The van der Waals surface area contributed by atoms with Gasteiger partial charge in [-0.05, 0) is 37.0 Å². The van der Waals surface area contributed by atoms with Gasteiger partial charge in [0.15, 0.2) is 6.61 Å².